The molecule has 0 radical (unpaired) electrons. The number of hydrogen-bond donors (Lipinski definition) is 1. The predicted molar refractivity (Wildman–Crippen MR) is 124 cm³/mol. The number of carbonyl (C=O) groups is 1. The SMILES string of the molecule is O=C(Nc1ccc(-c2nc3ccccc3s2)cc1)c1ccc(-c2ccccc2[N+](=O)[O-])o1. The van der Waals surface area contributed by atoms with Gasteiger partial charge in [-0.2, -0.15) is 0 Å². The van der Waals surface area contributed by atoms with Crippen LogP contribution in [-0.2, 0) is 0 Å². The largest absolute Gasteiger partial charge is 0.451 e. The molecule has 0 saturated heterocycles. The van der Waals surface area contributed by atoms with Crippen molar-refractivity contribution in [2.75, 3.05) is 5.32 Å². The van der Waals surface area contributed by atoms with E-state index in [-0.39, 0.29) is 17.2 Å². The minimum atomic E-state index is -0.482. The van der Waals surface area contributed by atoms with E-state index in [9.17, 15) is 14.9 Å². The molecule has 2 heterocycles. The molecular weight excluding hydrogens is 426 g/mol. The third-order valence-electron chi connectivity index (χ3n) is 4.88. The molecule has 0 aliphatic rings. The average molecular weight is 441 g/mol. The number of amides is 1. The molecular formula is C24H15N3O4S. The number of para-hydroxylation sites is 2. The van der Waals surface area contributed by atoms with Crippen molar-refractivity contribution in [2.24, 2.45) is 0 Å². The second kappa shape index (κ2) is 8.09. The van der Waals surface area contributed by atoms with Gasteiger partial charge in [-0.25, -0.2) is 4.98 Å². The first kappa shape index (κ1) is 19.7. The van der Waals surface area contributed by atoms with Gasteiger partial charge in [-0.15, -0.1) is 11.3 Å². The molecule has 156 valence electrons. The van der Waals surface area contributed by atoms with Crippen molar-refractivity contribution < 1.29 is 14.1 Å². The summed E-state index contributed by atoms with van der Waals surface area (Å²) >= 11 is 1.61. The minimum absolute atomic E-state index is 0.0633. The summed E-state index contributed by atoms with van der Waals surface area (Å²) in [6.45, 7) is 0. The van der Waals surface area contributed by atoms with Gasteiger partial charge in [0.1, 0.15) is 10.8 Å². The van der Waals surface area contributed by atoms with Crippen LogP contribution in [0.25, 0.3) is 32.1 Å². The Balaban J connectivity index is 1.33. The third-order valence-corrected chi connectivity index (χ3v) is 5.97. The Morgan fingerprint density at radius 1 is 0.938 bits per heavy atom. The Kier molecular flexibility index (Phi) is 4.97. The van der Waals surface area contributed by atoms with Crippen LogP contribution in [0, 0.1) is 10.1 Å². The Labute approximate surface area is 186 Å². The van der Waals surface area contributed by atoms with E-state index in [0.29, 0.717) is 11.3 Å². The van der Waals surface area contributed by atoms with E-state index in [0.717, 1.165) is 20.8 Å². The molecule has 1 amide bonds. The average Bonchev–Trinajstić information content (AvgIpc) is 3.47. The van der Waals surface area contributed by atoms with Gasteiger partial charge in [0.15, 0.2) is 5.76 Å². The minimum Gasteiger partial charge on any atom is -0.451 e. The van der Waals surface area contributed by atoms with Crippen LogP contribution in [-0.4, -0.2) is 15.8 Å². The van der Waals surface area contributed by atoms with E-state index < -0.39 is 10.8 Å². The molecule has 0 bridgehead atoms. The van der Waals surface area contributed by atoms with Crippen LogP contribution in [0.4, 0.5) is 11.4 Å². The lowest BCUT2D eigenvalue weighted by Crippen LogP contribution is -2.10. The van der Waals surface area contributed by atoms with Crippen molar-refractivity contribution in [3.05, 3.63) is 101 Å². The smallest absolute Gasteiger partial charge is 0.291 e. The number of anilines is 1. The molecule has 5 rings (SSSR count). The summed E-state index contributed by atoms with van der Waals surface area (Å²) in [7, 11) is 0. The second-order valence-corrected chi connectivity index (χ2v) is 7.99. The van der Waals surface area contributed by atoms with Gasteiger partial charge in [0, 0.05) is 17.3 Å². The quantitative estimate of drug-likeness (QED) is 0.252. The van der Waals surface area contributed by atoms with Crippen LogP contribution < -0.4 is 5.32 Å². The van der Waals surface area contributed by atoms with E-state index >= 15 is 0 Å². The van der Waals surface area contributed by atoms with Crippen LogP contribution in [0.2, 0.25) is 0 Å². The van der Waals surface area contributed by atoms with Gasteiger partial charge in [-0.05, 0) is 54.6 Å². The molecule has 2 aromatic heterocycles. The number of nitro groups is 1. The summed E-state index contributed by atoms with van der Waals surface area (Å²) in [6.07, 6.45) is 0. The number of thiazole rings is 1. The summed E-state index contributed by atoms with van der Waals surface area (Å²) in [6, 6.07) is 24.6. The monoisotopic (exact) mass is 441 g/mol. The number of nitro benzene ring substituents is 1. The van der Waals surface area contributed by atoms with Crippen LogP contribution in [0.5, 0.6) is 0 Å². The summed E-state index contributed by atoms with van der Waals surface area (Å²) in [5.41, 5.74) is 2.75. The maximum Gasteiger partial charge on any atom is 0.291 e. The zero-order valence-electron chi connectivity index (χ0n) is 16.5. The molecule has 0 unspecified atom stereocenters. The number of benzene rings is 3. The lowest BCUT2D eigenvalue weighted by Gasteiger charge is -2.04. The van der Waals surface area contributed by atoms with Crippen molar-refractivity contribution in [1.82, 2.24) is 4.98 Å². The first-order valence-electron chi connectivity index (χ1n) is 9.69. The highest BCUT2D eigenvalue weighted by Gasteiger charge is 2.19. The standard InChI is InChI=1S/C24H15N3O4S/c28-23(21-14-13-20(31-21)17-5-1-3-7-19(17)27(29)30)25-16-11-9-15(10-12-16)24-26-18-6-2-4-8-22(18)32-24/h1-14H,(H,25,28). The van der Waals surface area contributed by atoms with Gasteiger partial charge < -0.3 is 9.73 Å². The number of aromatic nitrogens is 1. The predicted octanol–water partition coefficient (Wildman–Crippen LogP) is 6.38. The molecule has 0 saturated carbocycles. The number of furan rings is 1. The molecule has 5 aromatic rings. The van der Waals surface area contributed by atoms with Gasteiger partial charge in [0.05, 0.1) is 20.7 Å². The van der Waals surface area contributed by atoms with Crippen LogP contribution in [0.3, 0.4) is 0 Å². The van der Waals surface area contributed by atoms with Gasteiger partial charge in [0.25, 0.3) is 11.6 Å². The lowest BCUT2D eigenvalue weighted by molar-refractivity contribution is -0.384. The number of carbonyl (C=O) groups excluding carboxylic acids is 1. The Hall–Kier alpha value is -4.30. The fraction of sp³-hybridized carbons (Fsp3) is 0. The molecule has 0 atom stereocenters. The topological polar surface area (TPSA) is 98.3 Å². The highest BCUT2D eigenvalue weighted by Crippen LogP contribution is 2.32. The Bertz CT molecular complexity index is 1420. The molecule has 0 aliphatic carbocycles. The van der Waals surface area contributed by atoms with Crippen molar-refractivity contribution in [1.29, 1.82) is 0 Å². The van der Waals surface area contributed by atoms with Crippen molar-refractivity contribution >= 4 is 38.8 Å². The highest BCUT2D eigenvalue weighted by molar-refractivity contribution is 7.21. The highest BCUT2D eigenvalue weighted by atomic mass is 32.1. The maximum absolute atomic E-state index is 12.6. The molecule has 0 aliphatic heterocycles. The fourth-order valence-corrected chi connectivity index (χ4v) is 4.30. The number of hydrogen-bond acceptors (Lipinski definition) is 6. The summed E-state index contributed by atoms with van der Waals surface area (Å²) < 4.78 is 6.71. The molecule has 32 heavy (non-hydrogen) atoms. The van der Waals surface area contributed by atoms with E-state index in [1.165, 1.54) is 12.1 Å². The molecule has 1 N–H and O–H groups in total. The number of rotatable bonds is 5. The maximum atomic E-state index is 12.6. The first-order valence-corrected chi connectivity index (χ1v) is 10.5. The van der Waals surface area contributed by atoms with E-state index in [1.54, 1.807) is 47.7 Å². The van der Waals surface area contributed by atoms with E-state index in [4.69, 9.17) is 4.42 Å². The summed E-state index contributed by atoms with van der Waals surface area (Å²) in [4.78, 5) is 28.0. The van der Waals surface area contributed by atoms with Crippen LogP contribution in [0.1, 0.15) is 10.6 Å². The van der Waals surface area contributed by atoms with E-state index in [1.807, 2.05) is 36.4 Å². The molecule has 0 spiro atoms. The lowest BCUT2D eigenvalue weighted by atomic mass is 10.1. The fourth-order valence-electron chi connectivity index (χ4n) is 3.33. The third kappa shape index (κ3) is 3.75. The van der Waals surface area contributed by atoms with Gasteiger partial charge in [-0.1, -0.05) is 24.3 Å². The number of nitrogens with one attached hydrogen (secondary N) is 1. The van der Waals surface area contributed by atoms with Crippen molar-refractivity contribution in [3.63, 3.8) is 0 Å². The van der Waals surface area contributed by atoms with Crippen molar-refractivity contribution in [3.8, 4) is 21.9 Å². The zero-order valence-corrected chi connectivity index (χ0v) is 17.3. The normalized spacial score (nSPS) is 10.9. The Morgan fingerprint density at radius 2 is 1.69 bits per heavy atom. The van der Waals surface area contributed by atoms with Gasteiger partial charge in [0.2, 0.25) is 0 Å². The molecule has 8 heteroatoms. The summed E-state index contributed by atoms with van der Waals surface area (Å²) in [5.74, 6) is -0.121. The van der Waals surface area contributed by atoms with Crippen LogP contribution >= 0.6 is 11.3 Å². The van der Waals surface area contributed by atoms with Gasteiger partial charge >= 0.3 is 0 Å². The number of nitrogens with zero attached hydrogens (tertiary/aromatic N) is 2. The summed E-state index contributed by atoms with van der Waals surface area (Å²) in [5, 5.41) is 14.9. The molecule has 3 aromatic carbocycles. The van der Waals surface area contributed by atoms with Crippen LogP contribution in [0.15, 0.2) is 89.3 Å². The zero-order chi connectivity index (χ0) is 22.1. The number of fused-ring (bicyclic) bond motifs is 1. The first-order chi connectivity index (χ1) is 15.6. The van der Waals surface area contributed by atoms with Crippen molar-refractivity contribution in [2.45, 2.75) is 0 Å². The molecule has 7 nitrogen and oxygen atoms in total. The van der Waals surface area contributed by atoms with E-state index in [2.05, 4.69) is 10.3 Å². The second-order valence-electron chi connectivity index (χ2n) is 6.96. The Morgan fingerprint density at radius 3 is 2.47 bits per heavy atom. The molecule has 0 fully saturated rings. The van der Waals surface area contributed by atoms with Gasteiger partial charge in [-0.3, -0.25) is 14.9 Å².